The van der Waals surface area contributed by atoms with Crippen molar-refractivity contribution < 1.29 is 0 Å². The van der Waals surface area contributed by atoms with Gasteiger partial charge in [-0.1, -0.05) is 12.8 Å². The molecule has 0 aromatic carbocycles. The summed E-state index contributed by atoms with van der Waals surface area (Å²) in [6, 6.07) is 1.89. The van der Waals surface area contributed by atoms with Crippen LogP contribution < -0.4 is 11.3 Å². The lowest BCUT2D eigenvalue weighted by Crippen LogP contribution is -2.08. The van der Waals surface area contributed by atoms with E-state index in [2.05, 4.69) is 15.4 Å². The van der Waals surface area contributed by atoms with E-state index in [1.54, 1.807) is 18.1 Å². The molecule has 3 N–H and O–H groups in total. The van der Waals surface area contributed by atoms with Crippen LogP contribution in [0.15, 0.2) is 17.4 Å². The molecule has 15 heavy (non-hydrogen) atoms. The van der Waals surface area contributed by atoms with Gasteiger partial charge in [0.2, 0.25) is 0 Å². The molecule has 0 bridgehead atoms. The smallest absolute Gasteiger partial charge is 0.144 e. The van der Waals surface area contributed by atoms with Crippen LogP contribution in [0.3, 0.4) is 0 Å². The van der Waals surface area contributed by atoms with Crippen molar-refractivity contribution in [2.45, 2.75) is 30.7 Å². The topological polar surface area (TPSA) is 63.8 Å². The molecule has 1 heterocycles. The van der Waals surface area contributed by atoms with E-state index in [4.69, 9.17) is 5.84 Å². The normalized spacial score (nSPS) is 16.9. The number of hydrazine groups is 1. The van der Waals surface area contributed by atoms with Crippen molar-refractivity contribution in [3.05, 3.63) is 12.4 Å². The van der Waals surface area contributed by atoms with Gasteiger partial charge in [-0.05, 0) is 18.8 Å². The van der Waals surface area contributed by atoms with Gasteiger partial charge in [-0.2, -0.15) is 0 Å². The van der Waals surface area contributed by atoms with Crippen LogP contribution >= 0.6 is 11.8 Å². The quantitative estimate of drug-likeness (QED) is 0.355. The fourth-order valence-corrected chi connectivity index (χ4v) is 2.93. The molecule has 0 unspecified atom stereocenters. The van der Waals surface area contributed by atoms with Crippen LogP contribution in [0.2, 0.25) is 0 Å². The van der Waals surface area contributed by atoms with E-state index >= 15 is 0 Å². The number of nitrogens with two attached hydrogens (primary N) is 1. The molecule has 1 fully saturated rings. The first-order chi connectivity index (χ1) is 7.38. The van der Waals surface area contributed by atoms with Crippen LogP contribution in [0.1, 0.15) is 25.7 Å². The third kappa shape index (κ3) is 3.07. The number of nitrogen functional groups attached to an aromatic ring is 1. The molecule has 0 aliphatic heterocycles. The second-order valence-electron chi connectivity index (χ2n) is 3.85. The summed E-state index contributed by atoms with van der Waals surface area (Å²) >= 11 is 1.80. The number of aromatic nitrogens is 2. The van der Waals surface area contributed by atoms with E-state index in [9.17, 15) is 0 Å². The van der Waals surface area contributed by atoms with Gasteiger partial charge in [0, 0.05) is 11.8 Å². The predicted molar refractivity (Wildman–Crippen MR) is 62.5 cm³/mol. The number of nitrogens with zero attached hydrogens (tertiary/aromatic N) is 2. The first-order valence-corrected chi connectivity index (χ1v) is 6.28. The standard InChI is InChI=1S/C10H16N4S/c11-14-9-5-10(13-7-12-9)15-6-8-3-1-2-4-8/h5,7-8H,1-4,6,11H2,(H,12,13,14). The Hall–Kier alpha value is -0.810. The first kappa shape index (κ1) is 10.7. The van der Waals surface area contributed by atoms with Crippen LogP contribution in [0.25, 0.3) is 0 Å². The summed E-state index contributed by atoms with van der Waals surface area (Å²) in [6.07, 6.45) is 7.08. The maximum absolute atomic E-state index is 5.29. The van der Waals surface area contributed by atoms with Crippen molar-refractivity contribution in [3.8, 4) is 0 Å². The fraction of sp³-hybridized carbons (Fsp3) is 0.600. The van der Waals surface area contributed by atoms with Crippen molar-refractivity contribution >= 4 is 17.6 Å². The lowest BCUT2D eigenvalue weighted by molar-refractivity contribution is 0.623. The van der Waals surface area contributed by atoms with Gasteiger partial charge in [-0.15, -0.1) is 11.8 Å². The molecule has 4 nitrogen and oxygen atoms in total. The molecule has 1 aromatic heterocycles. The number of nitrogens with one attached hydrogen (secondary N) is 1. The number of hydrogen-bond donors (Lipinski definition) is 2. The van der Waals surface area contributed by atoms with E-state index in [1.807, 2.05) is 6.07 Å². The van der Waals surface area contributed by atoms with Crippen LogP contribution in [0.5, 0.6) is 0 Å². The second kappa shape index (κ2) is 5.32. The Balaban J connectivity index is 1.86. The number of hydrogen-bond acceptors (Lipinski definition) is 5. The Labute approximate surface area is 94.0 Å². The molecular formula is C10H16N4S. The summed E-state index contributed by atoms with van der Waals surface area (Å²) in [5, 5.41) is 1.00. The highest BCUT2D eigenvalue weighted by Gasteiger charge is 2.15. The summed E-state index contributed by atoms with van der Waals surface area (Å²) in [7, 11) is 0. The highest BCUT2D eigenvalue weighted by molar-refractivity contribution is 7.99. The average Bonchev–Trinajstić information content (AvgIpc) is 2.79. The molecule has 0 atom stereocenters. The van der Waals surface area contributed by atoms with Gasteiger partial charge in [0.25, 0.3) is 0 Å². The molecule has 1 aliphatic rings. The third-order valence-corrected chi connectivity index (χ3v) is 3.89. The van der Waals surface area contributed by atoms with Crippen molar-refractivity contribution in [2.24, 2.45) is 11.8 Å². The highest BCUT2D eigenvalue weighted by Crippen LogP contribution is 2.30. The molecule has 0 saturated heterocycles. The van der Waals surface area contributed by atoms with Gasteiger partial charge >= 0.3 is 0 Å². The minimum Gasteiger partial charge on any atom is -0.308 e. The van der Waals surface area contributed by atoms with E-state index in [-0.39, 0.29) is 0 Å². The van der Waals surface area contributed by atoms with Gasteiger partial charge in [-0.3, -0.25) is 0 Å². The van der Waals surface area contributed by atoms with E-state index in [1.165, 1.54) is 31.4 Å². The molecule has 5 heteroatoms. The fourth-order valence-electron chi connectivity index (χ4n) is 1.88. The van der Waals surface area contributed by atoms with Crippen LogP contribution in [-0.2, 0) is 0 Å². The Morgan fingerprint density at radius 1 is 1.40 bits per heavy atom. The van der Waals surface area contributed by atoms with Crippen molar-refractivity contribution in [2.75, 3.05) is 11.2 Å². The second-order valence-corrected chi connectivity index (χ2v) is 4.89. The minimum absolute atomic E-state index is 0.680. The summed E-state index contributed by atoms with van der Waals surface area (Å²) in [4.78, 5) is 8.18. The van der Waals surface area contributed by atoms with Gasteiger partial charge in [0.1, 0.15) is 17.2 Å². The molecule has 1 saturated carbocycles. The molecule has 0 spiro atoms. The van der Waals surface area contributed by atoms with E-state index in [0.29, 0.717) is 5.82 Å². The molecule has 1 aliphatic carbocycles. The van der Waals surface area contributed by atoms with Gasteiger partial charge in [0.15, 0.2) is 0 Å². The van der Waals surface area contributed by atoms with E-state index < -0.39 is 0 Å². The van der Waals surface area contributed by atoms with Crippen molar-refractivity contribution in [1.29, 1.82) is 0 Å². The number of thioether (sulfide) groups is 1. The SMILES string of the molecule is NNc1cc(SCC2CCCC2)ncn1. The van der Waals surface area contributed by atoms with Crippen molar-refractivity contribution in [3.63, 3.8) is 0 Å². The summed E-state index contributed by atoms with van der Waals surface area (Å²) in [5.41, 5.74) is 2.53. The maximum Gasteiger partial charge on any atom is 0.144 e. The molecular weight excluding hydrogens is 208 g/mol. The monoisotopic (exact) mass is 224 g/mol. The Morgan fingerprint density at radius 2 is 2.20 bits per heavy atom. The predicted octanol–water partition coefficient (Wildman–Crippen LogP) is 2.04. The van der Waals surface area contributed by atoms with Crippen LogP contribution in [-0.4, -0.2) is 15.7 Å². The van der Waals surface area contributed by atoms with E-state index in [0.717, 1.165) is 10.9 Å². The Bertz CT molecular complexity index is 312. The largest absolute Gasteiger partial charge is 0.308 e. The van der Waals surface area contributed by atoms with Gasteiger partial charge in [0.05, 0.1) is 0 Å². The zero-order chi connectivity index (χ0) is 10.5. The number of anilines is 1. The summed E-state index contributed by atoms with van der Waals surface area (Å²) in [5.74, 6) is 8.01. The van der Waals surface area contributed by atoms with Gasteiger partial charge in [-0.25, -0.2) is 15.8 Å². The average molecular weight is 224 g/mol. The summed E-state index contributed by atoms with van der Waals surface area (Å²) in [6.45, 7) is 0. The Morgan fingerprint density at radius 3 is 2.93 bits per heavy atom. The number of rotatable bonds is 4. The molecule has 1 aromatic rings. The van der Waals surface area contributed by atoms with Gasteiger partial charge < -0.3 is 5.43 Å². The zero-order valence-corrected chi connectivity index (χ0v) is 9.46. The third-order valence-electron chi connectivity index (χ3n) is 2.73. The van der Waals surface area contributed by atoms with Crippen molar-refractivity contribution in [1.82, 2.24) is 9.97 Å². The minimum atomic E-state index is 0.680. The van der Waals surface area contributed by atoms with Crippen LogP contribution in [0, 0.1) is 5.92 Å². The molecule has 82 valence electrons. The molecule has 0 amide bonds. The summed E-state index contributed by atoms with van der Waals surface area (Å²) < 4.78 is 0. The maximum atomic E-state index is 5.29. The highest BCUT2D eigenvalue weighted by atomic mass is 32.2. The zero-order valence-electron chi connectivity index (χ0n) is 8.65. The molecule has 0 radical (unpaired) electrons. The Kier molecular flexibility index (Phi) is 3.80. The lowest BCUT2D eigenvalue weighted by Gasteiger charge is -2.07. The first-order valence-electron chi connectivity index (χ1n) is 5.30. The molecule has 2 rings (SSSR count). The van der Waals surface area contributed by atoms with Crippen LogP contribution in [0.4, 0.5) is 5.82 Å². The lowest BCUT2D eigenvalue weighted by atomic mass is 10.1.